The van der Waals surface area contributed by atoms with Crippen LogP contribution in [0, 0.1) is 0 Å². The molecule has 1 aromatic heterocycles. The summed E-state index contributed by atoms with van der Waals surface area (Å²) >= 11 is 0. The zero-order valence-corrected chi connectivity index (χ0v) is 4.91. The maximum absolute atomic E-state index is 12.2. The van der Waals surface area contributed by atoms with Crippen LogP contribution in [0.4, 0.5) is 8.78 Å². The summed E-state index contributed by atoms with van der Waals surface area (Å²) in [6.45, 7) is 0. The largest absolute Gasteiger partial charge is 0.274 e. The molecule has 1 atom stereocenters. The Morgan fingerprint density at radius 1 is 1.60 bits per heavy atom. The monoisotopic (exact) mass is 146 g/mol. The first-order chi connectivity index (χ1) is 4.70. The highest BCUT2D eigenvalue weighted by molar-refractivity contribution is 4.97. The van der Waals surface area contributed by atoms with Gasteiger partial charge in [-0.2, -0.15) is 4.80 Å². The lowest BCUT2D eigenvalue weighted by atomic mass is 10.7. The maximum Gasteiger partial charge on any atom is 0.274 e. The van der Waals surface area contributed by atoms with Crippen molar-refractivity contribution in [1.82, 2.24) is 20.2 Å². The van der Waals surface area contributed by atoms with Gasteiger partial charge < -0.3 is 0 Å². The third-order valence-electron chi connectivity index (χ3n) is 1.44. The molecular formula is C4H4F2N4. The van der Waals surface area contributed by atoms with E-state index in [4.69, 9.17) is 0 Å². The minimum absolute atomic E-state index is 0.163. The molecule has 0 radical (unpaired) electrons. The average Bonchev–Trinajstić information content (AvgIpc) is 2.31. The summed E-state index contributed by atoms with van der Waals surface area (Å²) in [5.41, 5.74) is 0. The summed E-state index contributed by atoms with van der Waals surface area (Å²) in [6.07, 6.45) is 0.984. The Labute approximate surface area is 54.8 Å². The van der Waals surface area contributed by atoms with Crippen molar-refractivity contribution in [1.29, 1.82) is 0 Å². The molecule has 0 spiro atoms. The van der Waals surface area contributed by atoms with Crippen molar-refractivity contribution in [3.8, 4) is 0 Å². The molecule has 10 heavy (non-hydrogen) atoms. The fourth-order valence-electron chi connectivity index (χ4n) is 0.767. The molecule has 0 aliphatic heterocycles. The van der Waals surface area contributed by atoms with E-state index >= 15 is 0 Å². The van der Waals surface area contributed by atoms with Crippen molar-refractivity contribution < 1.29 is 8.78 Å². The molecule has 0 N–H and O–H groups in total. The van der Waals surface area contributed by atoms with Crippen molar-refractivity contribution >= 4 is 0 Å². The van der Waals surface area contributed by atoms with Gasteiger partial charge in [0.2, 0.25) is 0 Å². The van der Waals surface area contributed by atoms with E-state index in [1.807, 2.05) is 0 Å². The third-order valence-corrected chi connectivity index (χ3v) is 1.44. The SMILES string of the molecule is FC1(F)CC1n1ncnn1. The standard InChI is InChI=1S/C4H4F2N4/c5-4(6)1-3(4)10-8-2-7-9-10/h2-3H,1H2. The first kappa shape index (κ1) is 5.70. The molecule has 1 heterocycles. The number of tetrazole rings is 1. The number of aromatic nitrogens is 4. The molecular weight excluding hydrogens is 142 g/mol. The van der Waals surface area contributed by atoms with Crippen LogP contribution in [0.25, 0.3) is 0 Å². The van der Waals surface area contributed by atoms with Gasteiger partial charge in [0.25, 0.3) is 5.92 Å². The van der Waals surface area contributed by atoms with E-state index in [-0.39, 0.29) is 6.42 Å². The molecule has 1 saturated carbocycles. The topological polar surface area (TPSA) is 43.6 Å². The van der Waals surface area contributed by atoms with E-state index in [9.17, 15) is 8.78 Å². The molecule has 1 aromatic rings. The lowest BCUT2D eigenvalue weighted by molar-refractivity contribution is 0.0949. The molecule has 1 aliphatic carbocycles. The van der Waals surface area contributed by atoms with Crippen molar-refractivity contribution in [2.45, 2.75) is 18.4 Å². The minimum atomic E-state index is -2.61. The van der Waals surface area contributed by atoms with E-state index in [0.717, 1.165) is 11.1 Å². The van der Waals surface area contributed by atoms with Gasteiger partial charge in [-0.3, -0.25) is 0 Å². The number of rotatable bonds is 1. The predicted molar refractivity (Wildman–Crippen MR) is 26.4 cm³/mol. The van der Waals surface area contributed by atoms with Crippen LogP contribution in [0.5, 0.6) is 0 Å². The molecule has 1 fully saturated rings. The smallest absolute Gasteiger partial charge is 0.204 e. The van der Waals surface area contributed by atoms with Gasteiger partial charge in [-0.25, -0.2) is 8.78 Å². The molecule has 2 rings (SSSR count). The Morgan fingerprint density at radius 3 is 2.70 bits per heavy atom. The Balaban J connectivity index is 2.19. The van der Waals surface area contributed by atoms with Gasteiger partial charge in [-0.1, -0.05) is 0 Å². The Morgan fingerprint density at radius 2 is 2.30 bits per heavy atom. The van der Waals surface area contributed by atoms with Gasteiger partial charge in [0.15, 0.2) is 6.33 Å². The summed E-state index contributed by atoms with van der Waals surface area (Å²) in [4.78, 5) is 0.944. The number of halogens is 2. The van der Waals surface area contributed by atoms with Gasteiger partial charge in [0, 0.05) is 6.42 Å². The molecule has 54 valence electrons. The number of hydrogen-bond acceptors (Lipinski definition) is 3. The maximum atomic E-state index is 12.2. The van der Waals surface area contributed by atoms with Crippen LogP contribution in [0.2, 0.25) is 0 Å². The van der Waals surface area contributed by atoms with Gasteiger partial charge >= 0.3 is 0 Å². The summed E-state index contributed by atoms with van der Waals surface area (Å²) in [5.74, 6) is -2.61. The highest BCUT2D eigenvalue weighted by Gasteiger charge is 2.60. The van der Waals surface area contributed by atoms with E-state index in [2.05, 4.69) is 15.4 Å². The highest BCUT2D eigenvalue weighted by atomic mass is 19.3. The second-order valence-electron chi connectivity index (χ2n) is 2.24. The number of nitrogens with zero attached hydrogens (tertiary/aromatic N) is 4. The van der Waals surface area contributed by atoms with Gasteiger partial charge in [0.1, 0.15) is 6.04 Å². The quantitative estimate of drug-likeness (QED) is 0.570. The Bertz CT molecular complexity index is 231. The summed E-state index contributed by atoms with van der Waals surface area (Å²) < 4.78 is 24.5. The van der Waals surface area contributed by atoms with E-state index < -0.39 is 12.0 Å². The van der Waals surface area contributed by atoms with Crippen molar-refractivity contribution in [3.05, 3.63) is 6.33 Å². The Kier molecular flexibility index (Phi) is 0.855. The molecule has 0 saturated heterocycles. The van der Waals surface area contributed by atoms with Crippen LogP contribution in [-0.2, 0) is 0 Å². The Hall–Kier alpha value is -1.07. The van der Waals surface area contributed by atoms with Crippen LogP contribution in [0.15, 0.2) is 6.33 Å². The zero-order valence-electron chi connectivity index (χ0n) is 4.91. The van der Waals surface area contributed by atoms with Crippen molar-refractivity contribution in [2.24, 2.45) is 0 Å². The predicted octanol–water partition coefficient (Wildman–Crippen LogP) is 0.253. The number of hydrogen-bond donors (Lipinski definition) is 0. The zero-order chi connectivity index (χ0) is 7.19. The molecule has 4 nitrogen and oxygen atoms in total. The lowest BCUT2D eigenvalue weighted by Gasteiger charge is -1.92. The average molecular weight is 146 g/mol. The first-order valence-corrected chi connectivity index (χ1v) is 2.80. The fraction of sp³-hybridized carbons (Fsp3) is 0.750. The van der Waals surface area contributed by atoms with Gasteiger partial charge in [0.05, 0.1) is 0 Å². The third kappa shape index (κ3) is 0.680. The van der Waals surface area contributed by atoms with E-state index in [0.29, 0.717) is 0 Å². The van der Waals surface area contributed by atoms with E-state index in [1.165, 1.54) is 0 Å². The number of alkyl halides is 2. The van der Waals surface area contributed by atoms with Gasteiger partial charge in [-0.05, 0) is 5.21 Å². The second kappa shape index (κ2) is 1.50. The molecule has 6 heteroatoms. The molecule has 0 bridgehead atoms. The van der Waals surface area contributed by atoms with E-state index in [1.54, 1.807) is 0 Å². The first-order valence-electron chi connectivity index (χ1n) is 2.80. The highest BCUT2D eigenvalue weighted by Crippen LogP contribution is 2.51. The normalized spacial score (nSPS) is 28.4. The lowest BCUT2D eigenvalue weighted by Crippen LogP contribution is -2.05. The van der Waals surface area contributed by atoms with Crippen LogP contribution < -0.4 is 0 Å². The summed E-state index contributed by atoms with van der Waals surface area (Å²) in [6, 6.07) is -0.852. The molecule has 0 aromatic carbocycles. The second-order valence-corrected chi connectivity index (χ2v) is 2.24. The van der Waals surface area contributed by atoms with Crippen LogP contribution >= 0.6 is 0 Å². The molecule has 1 aliphatic rings. The molecule has 0 amide bonds. The fourth-order valence-corrected chi connectivity index (χ4v) is 0.767. The van der Waals surface area contributed by atoms with Crippen LogP contribution in [-0.4, -0.2) is 26.1 Å². The van der Waals surface area contributed by atoms with Crippen molar-refractivity contribution in [3.63, 3.8) is 0 Å². The summed E-state index contributed by atoms with van der Waals surface area (Å²) in [5, 5.41) is 10.2. The van der Waals surface area contributed by atoms with Crippen LogP contribution in [0.3, 0.4) is 0 Å². The summed E-state index contributed by atoms with van der Waals surface area (Å²) in [7, 11) is 0. The van der Waals surface area contributed by atoms with Crippen molar-refractivity contribution in [2.75, 3.05) is 0 Å². The minimum Gasteiger partial charge on any atom is -0.204 e. The van der Waals surface area contributed by atoms with Crippen LogP contribution in [0.1, 0.15) is 12.5 Å². The molecule has 1 unspecified atom stereocenters. The van der Waals surface area contributed by atoms with Gasteiger partial charge in [-0.15, -0.1) is 10.2 Å².